The minimum Gasteiger partial charge on any atom is -0.354 e. The van der Waals surface area contributed by atoms with Crippen LogP contribution in [0, 0.1) is 0 Å². The molecule has 106 valence electrons. The maximum atomic E-state index is 11.5. The van der Waals surface area contributed by atoms with Gasteiger partial charge in [-0.05, 0) is 13.0 Å². The Morgan fingerprint density at radius 1 is 1.42 bits per heavy atom. The smallest absolute Gasteiger partial charge is 0.152 e. The Morgan fingerprint density at radius 3 is 2.74 bits per heavy atom. The molecule has 1 fully saturated rings. The van der Waals surface area contributed by atoms with Crippen molar-refractivity contribution >= 4 is 15.7 Å². The molecule has 0 saturated carbocycles. The Morgan fingerprint density at radius 2 is 2.21 bits per heavy atom. The van der Waals surface area contributed by atoms with Crippen LogP contribution in [-0.4, -0.2) is 49.5 Å². The number of nitrogens with zero attached hydrogens (tertiary/aromatic N) is 3. The Kier molecular flexibility index (Phi) is 4.36. The molecule has 1 N–H and O–H groups in total. The molecule has 0 amide bonds. The number of hydrogen-bond donors (Lipinski definition) is 1. The summed E-state index contributed by atoms with van der Waals surface area (Å²) < 4.78 is 23.0. The van der Waals surface area contributed by atoms with Crippen molar-refractivity contribution in [3.63, 3.8) is 0 Å². The van der Waals surface area contributed by atoms with Gasteiger partial charge in [0.2, 0.25) is 0 Å². The standard InChI is InChI=1S/C12H20N4O2S/c1-3-13-6-10-7-15-12(8-14-10)16(2)11-4-5-19(17,18)9-11/h7-8,11,13H,3-6,9H2,1-2H3. The van der Waals surface area contributed by atoms with E-state index in [-0.39, 0.29) is 17.5 Å². The molecule has 1 saturated heterocycles. The van der Waals surface area contributed by atoms with Crippen molar-refractivity contribution in [2.75, 3.05) is 30.0 Å². The van der Waals surface area contributed by atoms with Crippen molar-refractivity contribution in [3.8, 4) is 0 Å². The van der Waals surface area contributed by atoms with Crippen LogP contribution in [0.5, 0.6) is 0 Å². The molecule has 0 radical (unpaired) electrons. The molecule has 1 unspecified atom stereocenters. The van der Waals surface area contributed by atoms with E-state index < -0.39 is 9.84 Å². The molecule has 1 atom stereocenters. The minimum atomic E-state index is -2.87. The maximum absolute atomic E-state index is 11.5. The van der Waals surface area contributed by atoms with Gasteiger partial charge in [-0.15, -0.1) is 0 Å². The summed E-state index contributed by atoms with van der Waals surface area (Å²) in [6.45, 7) is 3.63. The molecule has 19 heavy (non-hydrogen) atoms. The van der Waals surface area contributed by atoms with Gasteiger partial charge < -0.3 is 10.2 Å². The average molecular weight is 284 g/mol. The van der Waals surface area contributed by atoms with E-state index in [9.17, 15) is 8.42 Å². The molecule has 1 aromatic rings. The molecule has 1 aliphatic rings. The van der Waals surface area contributed by atoms with Gasteiger partial charge in [0.15, 0.2) is 9.84 Å². The Balaban J connectivity index is 2.01. The molecule has 1 aromatic heterocycles. The van der Waals surface area contributed by atoms with Gasteiger partial charge in [0.1, 0.15) is 5.82 Å². The molecule has 2 rings (SSSR count). The molecule has 0 bridgehead atoms. The van der Waals surface area contributed by atoms with E-state index in [1.807, 2.05) is 18.9 Å². The van der Waals surface area contributed by atoms with Crippen molar-refractivity contribution in [2.24, 2.45) is 0 Å². The highest BCUT2D eigenvalue weighted by molar-refractivity contribution is 7.91. The largest absolute Gasteiger partial charge is 0.354 e. The number of nitrogens with one attached hydrogen (secondary N) is 1. The fourth-order valence-electron chi connectivity index (χ4n) is 2.14. The molecule has 0 aliphatic carbocycles. The zero-order valence-corrected chi connectivity index (χ0v) is 12.2. The second-order valence-electron chi connectivity index (χ2n) is 4.81. The second-order valence-corrected chi connectivity index (χ2v) is 7.04. The van der Waals surface area contributed by atoms with Gasteiger partial charge in [-0.25, -0.2) is 13.4 Å². The van der Waals surface area contributed by atoms with E-state index >= 15 is 0 Å². The summed E-state index contributed by atoms with van der Waals surface area (Å²) in [7, 11) is -0.994. The zero-order chi connectivity index (χ0) is 13.9. The summed E-state index contributed by atoms with van der Waals surface area (Å²) in [6, 6.07) is 0.0129. The van der Waals surface area contributed by atoms with Crippen LogP contribution in [0.3, 0.4) is 0 Å². The molecular formula is C12H20N4O2S. The molecule has 0 spiro atoms. The number of rotatable bonds is 5. The minimum absolute atomic E-state index is 0.0129. The van der Waals surface area contributed by atoms with Crippen LogP contribution in [0.15, 0.2) is 12.4 Å². The molecule has 1 aliphatic heterocycles. The summed E-state index contributed by atoms with van der Waals surface area (Å²) in [5.74, 6) is 1.21. The third kappa shape index (κ3) is 3.63. The summed E-state index contributed by atoms with van der Waals surface area (Å²) >= 11 is 0. The van der Waals surface area contributed by atoms with E-state index in [0.29, 0.717) is 13.0 Å². The lowest BCUT2D eigenvalue weighted by Crippen LogP contribution is -2.33. The quantitative estimate of drug-likeness (QED) is 0.833. The van der Waals surface area contributed by atoms with Gasteiger partial charge in [-0.3, -0.25) is 4.98 Å². The first kappa shape index (κ1) is 14.2. The topological polar surface area (TPSA) is 75.2 Å². The summed E-state index contributed by atoms with van der Waals surface area (Å²) in [5.41, 5.74) is 0.887. The van der Waals surface area contributed by atoms with Crippen LogP contribution in [0.2, 0.25) is 0 Å². The highest BCUT2D eigenvalue weighted by Crippen LogP contribution is 2.20. The fourth-order valence-corrected chi connectivity index (χ4v) is 3.92. The highest BCUT2D eigenvalue weighted by Gasteiger charge is 2.31. The van der Waals surface area contributed by atoms with Crippen LogP contribution in [0.25, 0.3) is 0 Å². The van der Waals surface area contributed by atoms with Gasteiger partial charge in [-0.1, -0.05) is 6.92 Å². The zero-order valence-electron chi connectivity index (χ0n) is 11.3. The Labute approximate surface area is 114 Å². The Hall–Kier alpha value is -1.21. The summed E-state index contributed by atoms with van der Waals surface area (Å²) in [6.07, 6.45) is 4.11. The first-order valence-electron chi connectivity index (χ1n) is 6.46. The highest BCUT2D eigenvalue weighted by atomic mass is 32.2. The van der Waals surface area contributed by atoms with E-state index in [1.54, 1.807) is 12.4 Å². The van der Waals surface area contributed by atoms with E-state index in [2.05, 4.69) is 15.3 Å². The lowest BCUT2D eigenvalue weighted by Gasteiger charge is -2.24. The maximum Gasteiger partial charge on any atom is 0.152 e. The van der Waals surface area contributed by atoms with Crippen LogP contribution in [0.4, 0.5) is 5.82 Å². The van der Waals surface area contributed by atoms with E-state index in [0.717, 1.165) is 18.1 Å². The van der Waals surface area contributed by atoms with Crippen LogP contribution in [-0.2, 0) is 16.4 Å². The lowest BCUT2D eigenvalue weighted by molar-refractivity contribution is 0.600. The van der Waals surface area contributed by atoms with E-state index in [1.165, 1.54) is 0 Å². The monoisotopic (exact) mass is 284 g/mol. The molecule has 2 heterocycles. The fraction of sp³-hybridized carbons (Fsp3) is 0.667. The van der Waals surface area contributed by atoms with Crippen LogP contribution >= 0.6 is 0 Å². The first-order chi connectivity index (χ1) is 9.02. The number of anilines is 1. The van der Waals surface area contributed by atoms with Gasteiger partial charge in [-0.2, -0.15) is 0 Å². The van der Waals surface area contributed by atoms with Crippen molar-refractivity contribution in [1.82, 2.24) is 15.3 Å². The van der Waals surface area contributed by atoms with E-state index in [4.69, 9.17) is 0 Å². The van der Waals surface area contributed by atoms with Crippen molar-refractivity contribution < 1.29 is 8.42 Å². The normalized spacial score (nSPS) is 21.5. The third-order valence-electron chi connectivity index (χ3n) is 3.37. The first-order valence-corrected chi connectivity index (χ1v) is 8.29. The van der Waals surface area contributed by atoms with Gasteiger partial charge in [0.05, 0.1) is 29.6 Å². The molecular weight excluding hydrogens is 264 g/mol. The molecule has 7 heteroatoms. The number of sulfone groups is 1. The molecule has 0 aromatic carbocycles. The second kappa shape index (κ2) is 5.83. The van der Waals surface area contributed by atoms with Crippen molar-refractivity contribution in [1.29, 1.82) is 0 Å². The van der Waals surface area contributed by atoms with Crippen molar-refractivity contribution in [2.45, 2.75) is 25.9 Å². The van der Waals surface area contributed by atoms with Gasteiger partial charge >= 0.3 is 0 Å². The predicted molar refractivity (Wildman–Crippen MR) is 74.9 cm³/mol. The molecule has 6 nitrogen and oxygen atoms in total. The summed E-state index contributed by atoms with van der Waals surface area (Å²) in [5, 5.41) is 3.18. The van der Waals surface area contributed by atoms with Gasteiger partial charge in [0, 0.05) is 19.6 Å². The van der Waals surface area contributed by atoms with Gasteiger partial charge in [0.25, 0.3) is 0 Å². The Bertz CT molecular complexity index is 515. The SMILES string of the molecule is CCNCc1cnc(N(C)C2CCS(=O)(=O)C2)cn1. The average Bonchev–Trinajstić information content (AvgIpc) is 2.76. The van der Waals surface area contributed by atoms with Crippen molar-refractivity contribution in [3.05, 3.63) is 18.1 Å². The number of hydrogen-bond acceptors (Lipinski definition) is 6. The lowest BCUT2D eigenvalue weighted by atomic mass is 10.2. The van der Waals surface area contributed by atoms with Crippen LogP contribution in [0.1, 0.15) is 19.0 Å². The summed E-state index contributed by atoms with van der Waals surface area (Å²) in [4.78, 5) is 10.6. The number of aromatic nitrogens is 2. The predicted octanol–water partition coefficient (Wildman–Crippen LogP) is 0.209. The third-order valence-corrected chi connectivity index (χ3v) is 5.12. The van der Waals surface area contributed by atoms with Crippen LogP contribution < -0.4 is 10.2 Å².